The summed E-state index contributed by atoms with van der Waals surface area (Å²) < 4.78 is 5.23. The molecule has 3 rings (SSSR count). The van der Waals surface area contributed by atoms with Gasteiger partial charge in [0.25, 0.3) is 0 Å². The first-order chi connectivity index (χ1) is 10.3. The van der Waals surface area contributed by atoms with Crippen LogP contribution < -0.4 is 5.73 Å². The van der Waals surface area contributed by atoms with Crippen LogP contribution in [0.25, 0.3) is 10.8 Å². The van der Waals surface area contributed by atoms with Crippen LogP contribution in [0.4, 0.5) is 0 Å². The maximum absolute atomic E-state index is 5.95. The van der Waals surface area contributed by atoms with E-state index in [4.69, 9.17) is 10.2 Å². The largest absolute Gasteiger partial charge is 0.467 e. The predicted octanol–water partition coefficient (Wildman–Crippen LogP) is 4.60. The van der Waals surface area contributed by atoms with Gasteiger partial charge in [0.05, 0.1) is 12.8 Å². The first-order valence-corrected chi connectivity index (χ1v) is 7.73. The Kier molecular flexibility index (Phi) is 5.92. The fourth-order valence-electron chi connectivity index (χ4n) is 2.17. The Labute approximate surface area is 140 Å². The number of thioether (sulfide) groups is 1. The van der Waals surface area contributed by atoms with E-state index >= 15 is 0 Å². The van der Waals surface area contributed by atoms with Gasteiger partial charge in [-0.15, -0.1) is 12.4 Å². The van der Waals surface area contributed by atoms with Crippen LogP contribution in [0.15, 0.2) is 70.3 Å². The van der Waals surface area contributed by atoms with Gasteiger partial charge >= 0.3 is 0 Å². The Morgan fingerprint density at radius 1 is 1.05 bits per heavy atom. The molecule has 114 valence electrons. The van der Waals surface area contributed by atoms with Crippen molar-refractivity contribution >= 4 is 40.1 Å². The highest BCUT2D eigenvalue weighted by Crippen LogP contribution is 2.22. The first-order valence-electron chi connectivity index (χ1n) is 6.74. The number of benzene rings is 2. The quantitative estimate of drug-likeness (QED) is 0.561. The van der Waals surface area contributed by atoms with Crippen LogP contribution in [-0.4, -0.2) is 5.17 Å². The maximum Gasteiger partial charge on any atom is 0.154 e. The molecule has 22 heavy (non-hydrogen) atoms. The summed E-state index contributed by atoms with van der Waals surface area (Å²) in [4.78, 5) is 4.33. The van der Waals surface area contributed by atoms with E-state index in [2.05, 4.69) is 47.5 Å². The SMILES string of the molecule is Cl.NC(=NCc1ccco1)SCc1cccc2ccccc12. The van der Waals surface area contributed by atoms with Crippen LogP contribution in [0.3, 0.4) is 0 Å². The molecule has 0 radical (unpaired) electrons. The lowest BCUT2D eigenvalue weighted by molar-refractivity contribution is 0.513. The second-order valence-corrected chi connectivity index (χ2v) is 5.66. The van der Waals surface area contributed by atoms with Gasteiger partial charge in [-0.05, 0) is 28.5 Å². The topological polar surface area (TPSA) is 51.5 Å². The second-order valence-electron chi connectivity index (χ2n) is 4.66. The van der Waals surface area contributed by atoms with Crippen LogP contribution >= 0.6 is 24.2 Å². The van der Waals surface area contributed by atoms with E-state index in [-0.39, 0.29) is 12.4 Å². The highest BCUT2D eigenvalue weighted by Gasteiger charge is 2.02. The molecule has 0 aliphatic rings. The Balaban J connectivity index is 0.00000176. The van der Waals surface area contributed by atoms with Crippen molar-refractivity contribution in [1.29, 1.82) is 0 Å². The molecule has 0 aliphatic carbocycles. The van der Waals surface area contributed by atoms with Crippen LogP contribution in [0.2, 0.25) is 0 Å². The molecule has 0 unspecified atom stereocenters. The van der Waals surface area contributed by atoms with Crippen molar-refractivity contribution in [2.45, 2.75) is 12.3 Å². The van der Waals surface area contributed by atoms with Crippen molar-refractivity contribution in [2.75, 3.05) is 0 Å². The molecule has 1 heterocycles. The lowest BCUT2D eigenvalue weighted by Gasteiger charge is -2.06. The highest BCUT2D eigenvalue weighted by atomic mass is 35.5. The van der Waals surface area contributed by atoms with E-state index < -0.39 is 0 Å². The number of nitrogens with two attached hydrogens (primary N) is 1. The fourth-order valence-corrected chi connectivity index (χ4v) is 2.89. The molecule has 0 bridgehead atoms. The number of amidine groups is 1. The van der Waals surface area contributed by atoms with E-state index in [1.807, 2.05) is 12.1 Å². The zero-order valence-corrected chi connectivity index (χ0v) is 13.6. The third-order valence-electron chi connectivity index (χ3n) is 3.23. The van der Waals surface area contributed by atoms with Crippen molar-refractivity contribution in [3.63, 3.8) is 0 Å². The molecule has 0 aliphatic heterocycles. The molecule has 2 N–H and O–H groups in total. The van der Waals surface area contributed by atoms with Crippen molar-refractivity contribution < 1.29 is 4.42 Å². The lowest BCUT2D eigenvalue weighted by Crippen LogP contribution is -2.07. The van der Waals surface area contributed by atoms with E-state index in [0.717, 1.165) is 11.5 Å². The number of rotatable bonds is 4. The molecule has 1 aromatic heterocycles. The molecule has 0 saturated carbocycles. The van der Waals surface area contributed by atoms with Crippen molar-refractivity contribution in [3.05, 3.63) is 72.2 Å². The number of hydrogen-bond donors (Lipinski definition) is 1. The van der Waals surface area contributed by atoms with Gasteiger partial charge in [-0.1, -0.05) is 54.2 Å². The van der Waals surface area contributed by atoms with Gasteiger partial charge in [0.1, 0.15) is 5.76 Å². The van der Waals surface area contributed by atoms with Gasteiger partial charge in [-0.2, -0.15) is 0 Å². The van der Waals surface area contributed by atoms with E-state index in [1.165, 1.54) is 16.3 Å². The normalized spacial score (nSPS) is 11.4. The lowest BCUT2D eigenvalue weighted by atomic mass is 10.1. The standard InChI is InChI=1S/C17H16N2OS.ClH/c18-17(19-11-15-8-4-10-20-15)21-12-14-7-3-6-13-5-1-2-9-16(13)14;/h1-10H,11-12H2,(H2,18,19);1H. The molecule has 3 aromatic rings. The highest BCUT2D eigenvalue weighted by molar-refractivity contribution is 8.13. The Morgan fingerprint density at radius 3 is 2.68 bits per heavy atom. The summed E-state index contributed by atoms with van der Waals surface area (Å²) in [6.07, 6.45) is 1.64. The monoisotopic (exact) mass is 332 g/mol. The van der Waals surface area contributed by atoms with Crippen LogP contribution in [0.5, 0.6) is 0 Å². The van der Waals surface area contributed by atoms with E-state index in [0.29, 0.717) is 11.7 Å². The van der Waals surface area contributed by atoms with Crippen molar-refractivity contribution in [2.24, 2.45) is 10.7 Å². The average Bonchev–Trinajstić information content (AvgIpc) is 3.04. The van der Waals surface area contributed by atoms with Crippen molar-refractivity contribution in [3.8, 4) is 0 Å². The minimum absolute atomic E-state index is 0. The number of hydrogen-bond acceptors (Lipinski definition) is 3. The Hall–Kier alpha value is -1.91. The predicted molar refractivity (Wildman–Crippen MR) is 96.5 cm³/mol. The molecular formula is C17H17ClN2OS. The summed E-state index contributed by atoms with van der Waals surface area (Å²) in [5, 5.41) is 3.10. The molecule has 5 heteroatoms. The van der Waals surface area contributed by atoms with Gasteiger partial charge in [0, 0.05) is 5.75 Å². The summed E-state index contributed by atoms with van der Waals surface area (Å²) in [6, 6.07) is 18.5. The van der Waals surface area contributed by atoms with Gasteiger partial charge in [-0.25, -0.2) is 0 Å². The third kappa shape index (κ3) is 4.06. The summed E-state index contributed by atoms with van der Waals surface area (Å²) in [5.74, 6) is 1.64. The number of nitrogens with zero attached hydrogens (tertiary/aromatic N) is 1. The van der Waals surface area contributed by atoms with E-state index in [1.54, 1.807) is 18.0 Å². The van der Waals surface area contributed by atoms with Gasteiger partial charge < -0.3 is 10.2 Å². The zero-order valence-electron chi connectivity index (χ0n) is 11.9. The maximum atomic E-state index is 5.95. The molecule has 2 aromatic carbocycles. The van der Waals surface area contributed by atoms with Crippen LogP contribution in [0.1, 0.15) is 11.3 Å². The number of fused-ring (bicyclic) bond motifs is 1. The van der Waals surface area contributed by atoms with Gasteiger partial charge in [0.2, 0.25) is 0 Å². The first kappa shape index (κ1) is 16.5. The number of aliphatic imine (C=N–C) groups is 1. The Morgan fingerprint density at radius 2 is 1.86 bits per heavy atom. The molecule has 0 saturated heterocycles. The molecule has 3 nitrogen and oxygen atoms in total. The second kappa shape index (κ2) is 7.92. The minimum atomic E-state index is 0. The fraction of sp³-hybridized carbons (Fsp3) is 0.118. The summed E-state index contributed by atoms with van der Waals surface area (Å²) in [5.41, 5.74) is 7.23. The summed E-state index contributed by atoms with van der Waals surface area (Å²) >= 11 is 1.55. The summed E-state index contributed by atoms with van der Waals surface area (Å²) in [7, 11) is 0. The molecule has 0 fully saturated rings. The Bertz CT molecular complexity index is 751. The van der Waals surface area contributed by atoms with Crippen LogP contribution in [-0.2, 0) is 12.3 Å². The smallest absolute Gasteiger partial charge is 0.154 e. The zero-order chi connectivity index (χ0) is 14.5. The van der Waals surface area contributed by atoms with E-state index in [9.17, 15) is 0 Å². The molecule has 0 spiro atoms. The molecule has 0 atom stereocenters. The minimum Gasteiger partial charge on any atom is -0.467 e. The number of furan rings is 1. The van der Waals surface area contributed by atoms with Gasteiger partial charge in [-0.3, -0.25) is 4.99 Å². The van der Waals surface area contributed by atoms with Crippen LogP contribution in [0, 0.1) is 0 Å². The van der Waals surface area contributed by atoms with Gasteiger partial charge in [0.15, 0.2) is 5.17 Å². The third-order valence-corrected chi connectivity index (χ3v) is 4.11. The summed E-state index contributed by atoms with van der Waals surface area (Å²) in [6.45, 7) is 0.487. The average molecular weight is 333 g/mol. The molecule has 0 amide bonds. The van der Waals surface area contributed by atoms with Crippen molar-refractivity contribution in [1.82, 2.24) is 0 Å². The number of halogens is 1. The molecular weight excluding hydrogens is 316 g/mol.